The first kappa shape index (κ1) is 19.8. The zero-order valence-electron chi connectivity index (χ0n) is 15.1. The number of halogens is 2. The van der Waals surface area contributed by atoms with Crippen molar-refractivity contribution in [1.29, 1.82) is 0 Å². The van der Waals surface area contributed by atoms with Gasteiger partial charge >= 0.3 is 5.97 Å². The van der Waals surface area contributed by atoms with Crippen molar-refractivity contribution in [3.05, 3.63) is 57.6 Å². The molecule has 1 N–H and O–H groups in total. The second-order valence-electron chi connectivity index (χ2n) is 6.36. The lowest BCUT2D eigenvalue weighted by molar-refractivity contribution is -0.142. The van der Waals surface area contributed by atoms with Crippen molar-refractivity contribution in [3.8, 4) is 11.5 Å². The third-order valence-corrected chi connectivity index (χ3v) is 5.75. The predicted octanol–water partition coefficient (Wildman–Crippen LogP) is 4.65. The number of aliphatic carboxylic acids is 1. The van der Waals surface area contributed by atoms with Crippen molar-refractivity contribution in [3.63, 3.8) is 0 Å². The zero-order valence-corrected chi connectivity index (χ0v) is 16.6. The maximum absolute atomic E-state index is 11.9. The normalized spacial score (nSPS) is 18.3. The van der Waals surface area contributed by atoms with Crippen LogP contribution >= 0.6 is 23.2 Å². The third kappa shape index (κ3) is 3.72. The maximum atomic E-state index is 11.9. The van der Waals surface area contributed by atoms with Crippen molar-refractivity contribution >= 4 is 29.2 Å². The average molecular weight is 410 g/mol. The number of hydrogen-bond donors (Lipinski definition) is 1. The summed E-state index contributed by atoms with van der Waals surface area (Å²) in [7, 11) is 3.13. The van der Waals surface area contributed by atoms with E-state index < -0.39 is 18.1 Å². The van der Waals surface area contributed by atoms with Gasteiger partial charge in [0.05, 0.1) is 30.3 Å². The Morgan fingerprint density at radius 1 is 1.15 bits per heavy atom. The molecule has 0 aliphatic carbocycles. The summed E-state index contributed by atoms with van der Waals surface area (Å²) in [6, 6.07) is 9.92. The number of carboxylic acids is 1. The van der Waals surface area contributed by atoms with Gasteiger partial charge in [-0.05, 0) is 30.5 Å². The molecule has 144 valence electrons. The fourth-order valence-electron chi connectivity index (χ4n) is 3.75. The summed E-state index contributed by atoms with van der Waals surface area (Å²) in [5, 5.41) is 10.6. The Morgan fingerprint density at radius 2 is 1.85 bits per heavy atom. The summed E-state index contributed by atoms with van der Waals surface area (Å²) in [6.45, 7) is 0.630. The lowest BCUT2D eigenvalue weighted by Crippen LogP contribution is -2.39. The Balaban J connectivity index is 2.23. The molecule has 1 saturated heterocycles. The van der Waals surface area contributed by atoms with Gasteiger partial charge in [0.1, 0.15) is 6.04 Å². The number of methoxy groups -OCH3 is 2. The number of nitrogens with zero attached hydrogens (tertiary/aromatic N) is 1. The topological polar surface area (TPSA) is 59.0 Å². The summed E-state index contributed by atoms with van der Waals surface area (Å²) in [6.07, 6.45) is 1.37. The molecule has 3 rings (SSSR count). The van der Waals surface area contributed by atoms with E-state index in [2.05, 4.69) is 0 Å². The van der Waals surface area contributed by atoms with Crippen molar-refractivity contribution < 1.29 is 19.4 Å². The molecule has 0 aromatic heterocycles. The number of hydrogen-bond acceptors (Lipinski definition) is 4. The zero-order chi connectivity index (χ0) is 19.6. The summed E-state index contributed by atoms with van der Waals surface area (Å²) in [4.78, 5) is 13.8. The van der Waals surface area contributed by atoms with Crippen LogP contribution in [-0.4, -0.2) is 42.8 Å². The van der Waals surface area contributed by atoms with Crippen molar-refractivity contribution in [2.24, 2.45) is 0 Å². The first-order chi connectivity index (χ1) is 13.0. The van der Waals surface area contributed by atoms with E-state index >= 15 is 0 Å². The summed E-state index contributed by atoms with van der Waals surface area (Å²) in [5.41, 5.74) is 1.53. The maximum Gasteiger partial charge on any atom is 0.320 e. The molecular weight excluding hydrogens is 389 g/mol. The van der Waals surface area contributed by atoms with Crippen LogP contribution in [0.3, 0.4) is 0 Å². The fourth-order valence-corrected chi connectivity index (χ4v) is 4.16. The number of carboxylic acid groups (broad SMARTS) is 1. The van der Waals surface area contributed by atoms with Crippen LogP contribution in [0.25, 0.3) is 0 Å². The van der Waals surface area contributed by atoms with Gasteiger partial charge in [0, 0.05) is 12.1 Å². The fraction of sp³-hybridized carbons (Fsp3) is 0.350. The minimum atomic E-state index is -0.850. The minimum absolute atomic E-state index is 0.407. The molecule has 2 aromatic carbocycles. The molecular formula is C20H21Cl2NO4. The second-order valence-corrected chi connectivity index (χ2v) is 7.15. The smallest absolute Gasteiger partial charge is 0.320 e. The van der Waals surface area contributed by atoms with Crippen LogP contribution in [0.5, 0.6) is 11.5 Å². The lowest BCUT2D eigenvalue weighted by Gasteiger charge is -2.33. The van der Waals surface area contributed by atoms with Crippen LogP contribution in [0, 0.1) is 0 Å². The average Bonchev–Trinajstić information content (AvgIpc) is 3.14. The number of para-hydroxylation sites is 1. The van der Waals surface area contributed by atoms with Gasteiger partial charge in [0.15, 0.2) is 11.5 Å². The Hall–Kier alpha value is -1.95. The number of rotatable bonds is 6. The highest BCUT2D eigenvalue weighted by Gasteiger charge is 2.39. The van der Waals surface area contributed by atoms with E-state index in [1.807, 2.05) is 29.2 Å². The van der Waals surface area contributed by atoms with E-state index in [4.69, 9.17) is 32.7 Å². The van der Waals surface area contributed by atoms with E-state index in [9.17, 15) is 9.90 Å². The van der Waals surface area contributed by atoms with Crippen LogP contribution in [0.4, 0.5) is 0 Å². The molecule has 27 heavy (non-hydrogen) atoms. The molecule has 7 heteroatoms. The molecule has 0 spiro atoms. The van der Waals surface area contributed by atoms with Gasteiger partial charge in [-0.25, -0.2) is 0 Å². The largest absolute Gasteiger partial charge is 0.493 e. The van der Waals surface area contributed by atoms with E-state index in [1.54, 1.807) is 26.4 Å². The molecule has 0 radical (unpaired) electrons. The summed E-state index contributed by atoms with van der Waals surface area (Å²) >= 11 is 12.8. The van der Waals surface area contributed by atoms with E-state index in [-0.39, 0.29) is 0 Å². The Kier molecular flexibility index (Phi) is 6.15. The Labute approximate surface area is 168 Å². The number of ether oxygens (including phenoxy) is 2. The second kappa shape index (κ2) is 8.38. The molecule has 1 aliphatic heterocycles. The van der Waals surface area contributed by atoms with Gasteiger partial charge in [-0.15, -0.1) is 0 Å². The Morgan fingerprint density at radius 3 is 2.52 bits per heavy atom. The first-order valence-corrected chi connectivity index (χ1v) is 9.38. The Bertz CT molecular complexity index is 843. The van der Waals surface area contributed by atoms with Crippen LogP contribution in [0.2, 0.25) is 10.0 Å². The number of likely N-dealkylation sites (tertiary alicyclic amines) is 1. The molecule has 1 aliphatic rings. The van der Waals surface area contributed by atoms with Gasteiger partial charge in [-0.2, -0.15) is 0 Å². The van der Waals surface area contributed by atoms with Gasteiger partial charge < -0.3 is 14.6 Å². The lowest BCUT2D eigenvalue weighted by atomic mass is 9.95. The van der Waals surface area contributed by atoms with Gasteiger partial charge in [-0.3, -0.25) is 9.69 Å². The van der Waals surface area contributed by atoms with Crippen molar-refractivity contribution in [1.82, 2.24) is 4.90 Å². The van der Waals surface area contributed by atoms with Crippen LogP contribution in [0.1, 0.15) is 30.0 Å². The van der Waals surface area contributed by atoms with E-state index in [0.717, 1.165) is 17.5 Å². The number of benzene rings is 2. The molecule has 2 aromatic rings. The highest BCUT2D eigenvalue weighted by molar-refractivity contribution is 6.42. The third-order valence-electron chi connectivity index (χ3n) is 4.91. The van der Waals surface area contributed by atoms with Crippen LogP contribution in [0.15, 0.2) is 36.4 Å². The first-order valence-electron chi connectivity index (χ1n) is 8.63. The van der Waals surface area contributed by atoms with Gasteiger partial charge in [0.2, 0.25) is 0 Å². The SMILES string of the molecule is COc1cccc(C(c2cccc(Cl)c2Cl)N2CCCC2C(=O)O)c1OC. The minimum Gasteiger partial charge on any atom is -0.493 e. The van der Waals surface area contributed by atoms with Crippen molar-refractivity contribution in [2.75, 3.05) is 20.8 Å². The van der Waals surface area contributed by atoms with Gasteiger partial charge in [-0.1, -0.05) is 47.5 Å². The van der Waals surface area contributed by atoms with Crippen LogP contribution in [-0.2, 0) is 4.79 Å². The molecule has 5 nitrogen and oxygen atoms in total. The van der Waals surface area contributed by atoms with E-state index in [1.165, 1.54) is 0 Å². The molecule has 0 bridgehead atoms. The molecule has 1 heterocycles. The predicted molar refractivity (Wildman–Crippen MR) is 105 cm³/mol. The van der Waals surface area contributed by atoms with Crippen LogP contribution < -0.4 is 9.47 Å². The molecule has 0 amide bonds. The number of carbonyl (C=O) groups is 1. The summed E-state index contributed by atoms with van der Waals surface area (Å²) < 4.78 is 11.1. The molecule has 0 saturated carbocycles. The highest BCUT2D eigenvalue weighted by atomic mass is 35.5. The quantitative estimate of drug-likeness (QED) is 0.752. The van der Waals surface area contributed by atoms with Gasteiger partial charge in [0.25, 0.3) is 0 Å². The molecule has 1 fully saturated rings. The van der Waals surface area contributed by atoms with Crippen molar-refractivity contribution in [2.45, 2.75) is 24.9 Å². The molecule has 2 atom stereocenters. The standard InChI is InChI=1S/C20H21Cl2NO4/c1-26-16-10-4-7-13(19(16)27-2)18(12-6-3-8-14(21)17(12)22)23-11-5-9-15(23)20(24)25/h3-4,6-8,10,15,18H,5,9,11H2,1-2H3,(H,24,25). The van der Waals surface area contributed by atoms with E-state index in [0.29, 0.717) is 34.5 Å². The summed E-state index contributed by atoms with van der Waals surface area (Å²) in [5.74, 6) is 0.277. The highest BCUT2D eigenvalue weighted by Crippen LogP contribution is 2.45. The molecule has 2 unspecified atom stereocenters. The monoisotopic (exact) mass is 409 g/mol.